The molecule has 3 heteroatoms. The molecule has 3 nitrogen and oxygen atoms in total. The Morgan fingerprint density at radius 2 is 2.00 bits per heavy atom. The summed E-state index contributed by atoms with van der Waals surface area (Å²) in [6.07, 6.45) is 7.33. The molecule has 1 aromatic rings. The van der Waals surface area contributed by atoms with Gasteiger partial charge in [-0.3, -0.25) is 0 Å². The van der Waals surface area contributed by atoms with Crippen LogP contribution in [0.15, 0.2) is 12.4 Å². The van der Waals surface area contributed by atoms with Crippen LogP contribution in [0.2, 0.25) is 0 Å². The number of anilines is 1. The van der Waals surface area contributed by atoms with Gasteiger partial charge in [-0.25, -0.2) is 9.97 Å². The predicted molar refractivity (Wildman–Crippen MR) is 59.4 cm³/mol. The number of rotatable bonds is 5. The largest absolute Gasteiger partial charge is 0.352 e. The molecule has 0 aliphatic rings. The van der Waals surface area contributed by atoms with Gasteiger partial charge in [-0.15, -0.1) is 0 Å². The zero-order valence-electron chi connectivity index (χ0n) is 9.25. The lowest BCUT2D eigenvalue weighted by molar-refractivity contribution is 0.640. The highest BCUT2D eigenvalue weighted by molar-refractivity contribution is 5.25. The lowest BCUT2D eigenvalue weighted by atomic mass is 10.1. The average Bonchev–Trinajstić information content (AvgIpc) is 2.18. The van der Waals surface area contributed by atoms with E-state index in [2.05, 4.69) is 29.1 Å². The Balaban J connectivity index is 2.39. The Kier molecular flexibility index (Phi) is 4.36. The van der Waals surface area contributed by atoms with Gasteiger partial charge in [-0.05, 0) is 25.8 Å². The van der Waals surface area contributed by atoms with E-state index in [0.29, 0.717) is 6.04 Å². The summed E-state index contributed by atoms with van der Waals surface area (Å²) in [6.45, 7) is 6.36. The van der Waals surface area contributed by atoms with Crippen LogP contribution >= 0.6 is 0 Å². The van der Waals surface area contributed by atoms with Gasteiger partial charge in [0.1, 0.15) is 0 Å². The summed E-state index contributed by atoms with van der Waals surface area (Å²) in [7, 11) is 0. The molecular formula is C11H19N3. The van der Waals surface area contributed by atoms with Gasteiger partial charge in [0.05, 0.1) is 0 Å². The van der Waals surface area contributed by atoms with Crippen LogP contribution in [0, 0.1) is 6.92 Å². The van der Waals surface area contributed by atoms with Crippen molar-refractivity contribution in [3.05, 3.63) is 18.0 Å². The fourth-order valence-corrected chi connectivity index (χ4v) is 1.27. The van der Waals surface area contributed by atoms with Crippen LogP contribution in [0.3, 0.4) is 0 Å². The van der Waals surface area contributed by atoms with Crippen LogP contribution in [-0.4, -0.2) is 16.0 Å². The molecule has 0 aliphatic carbocycles. The molecule has 78 valence electrons. The van der Waals surface area contributed by atoms with Crippen LogP contribution in [0.25, 0.3) is 0 Å². The maximum Gasteiger partial charge on any atom is 0.222 e. The number of nitrogens with zero attached hydrogens (tertiary/aromatic N) is 2. The summed E-state index contributed by atoms with van der Waals surface area (Å²) in [6, 6.07) is 0.456. The lowest BCUT2D eigenvalue weighted by Gasteiger charge is -2.12. The smallest absolute Gasteiger partial charge is 0.222 e. The summed E-state index contributed by atoms with van der Waals surface area (Å²) in [4.78, 5) is 8.41. The monoisotopic (exact) mass is 193 g/mol. The van der Waals surface area contributed by atoms with Crippen molar-refractivity contribution in [2.24, 2.45) is 0 Å². The zero-order chi connectivity index (χ0) is 10.4. The van der Waals surface area contributed by atoms with Gasteiger partial charge in [0.15, 0.2) is 0 Å². The molecule has 0 radical (unpaired) electrons. The molecule has 0 bridgehead atoms. The molecular weight excluding hydrogens is 174 g/mol. The molecule has 0 aromatic carbocycles. The van der Waals surface area contributed by atoms with E-state index in [9.17, 15) is 0 Å². The van der Waals surface area contributed by atoms with Crippen LogP contribution in [0.1, 0.15) is 38.7 Å². The molecule has 1 heterocycles. The van der Waals surface area contributed by atoms with Gasteiger partial charge in [-0.1, -0.05) is 19.8 Å². The highest BCUT2D eigenvalue weighted by atomic mass is 15.1. The summed E-state index contributed by atoms with van der Waals surface area (Å²) >= 11 is 0. The van der Waals surface area contributed by atoms with Gasteiger partial charge < -0.3 is 5.32 Å². The molecule has 1 rings (SSSR count). The third kappa shape index (κ3) is 3.73. The molecule has 0 amide bonds. The quantitative estimate of drug-likeness (QED) is 0.781. The van der Waals surface area contributed by atoms with Crippen molar-refractivity contribution in [2.75, 3.05) is 5.32 Å². The van der Waals surface area contributed by atoms with E-state index < -0.39 is 0 Å². The first-order valence-electron chi connectivity index (χ1n) is 5.27. The van der Waals surface area contributed by atoms with E-state index >= 15 is 0 Å². The Labute approximate surface area is 86.0 Å². The minimum atomic E-state index is 0.456. The summed E-state index contributed by atoms with van der Waals surface area (Å²) < 4.78 is 0. The normalized spacial score (nSPS) is 12.5. The van der Waals surface area contributed by atoms with Crippen molar-refractivity contribution >= 4 is 5.95 Å². The number of hydrogen-bond donors (Lipinski definition) is 1. The molecule has 0 saturated carbocycles. The molecule has 0 saturated heterocycles. The van der Waals surface area contributed by atoms with Crippen molar-refractivity contribution in [3.63, 3.8) is 0 Å². The van der Waals surface area contributed by atoms with Crippen molar-refractivity contribution in [3.8, 4) is 0 Å². The Hall–Kier alpha value is -1.12. The van der Waals surface area contributed by atoms with Crippen LogP contribution < -0.4 is 5.32 Å². The maximum absolute atomic E-state index is 4.20. The SMILES string of the molecule is CCCCC(C)Nc1ncc(C)cn1. The van der Waals surface area contributed by atoms with Gasteiger partial charge in [0, 0.05) is 18.4 Å². The fourth-order valence-electron chi connectivity index (χ4n) is 1.27. The standard InChI is InChI=1S/C11H19N3/c1-4-5-6-10(3)14-11-12-7-9(2)8-13-11/h7-8,10H,4-6H2,1-3H3,(H,12,13,14). The van der Waals surface area contributed by atoms with Crippen molar-refractivity contribution in [1.29, 1.82) is 0 Å². The summed E-state index contributed by atoms with van der Waals surface area (Å²) in [5.74, 6) is 0.735. The molecule has 1 aromatic heterocycles. The van der Waals surface area contributed by atoms with E-state index in [-0.39, 0.29) is 0 Å². The number of nitrogens with one attached hydrogen (secondary N) is 1. The summed E-state index contributed by atoms with van der Waals surface area (Å²) in [5.41, 5.74) is 1.09. The first-order valence-corrected chi connectivity index (χ1v) is 5.27. The Bertz CT molecular complexity index is 256. The molecule has 1 atom stereocenters. The highest BCUT2D eigenvalue weighted by Gasteiger charge is 2.02. The number of unbranched alkanes of at least 4 members (excludes halogenated alkanes) is 1. The molecule has 14 heavy (non-hydrogen) atoms. The summed E-state index contributed by atoms with van der Waals surface area (Å²) in [5, 5.41) is 3.28. The first kappa shape index (κ1) is 11.0. The third-order valence-electron chi connectivity index (χ3n) is 2.15. The van der Waals surface area contributed by atoms with Crippen molar-refractivity contribution < 1.29 is 0 Å². The number of aryl methyl sites for hydroxylation is 1. The molecule has 0 fully saturated rings. The topological polar surface area (TPSA) is 37.8 Å². The predicted octanol–water partition coefficient (Wildman–Crippen LogP) is 2.78. The Morgan fingerprint density at radius 1 is 1.36 bits per heavy atom. The molecule has 1 N–H and O–H groups in total. The maximum atomic E-state index is 4.20. The van der Waals surface area contributed by atoms with Gasteiger partial charge >= 0.3 is 0 Å². The number of aromatic nitrogens is 2. The first-order chi connectivity index (χ1) is 6.72. The second kappa shape index (κ2) is 5.58. The average molecular weight is 193 g/mol. The molecule has 0 aliphatic heterocycles. The van der Waals surface area contributed by atoms with E-state index in [0.717, 1.165) is 11.5 Å². The van der Waals surface area contributed by atoms with Crippen molar-refractivity contribution in [2.45, 2.75) is 46.1 Å². The fraction of sp³-hybridized carbons (Fsp3) is 0.636. The molecule has 0 spiro atoms. The minimum Gasteiger partial charge on any atom is -0.352 e. The molecule has 1 unspecified atom stereocenters. The van der Waals surface area contributed by atoms with Gasteiger partial charge in [0.25, 0.3) is 0 Å². The lowest BCUT2D eigenvalue weighted by Crippen LogP contribution is -2.16. The van der Waals surface area contributed by atoms with Crippen LogP contribution in [-0.2, 0) is 0 Å². The van der Waals surface area contributed by atoms with E-state index in [1.54, 1.807) is 0 Å². The van der Waals surface area contributed by atoms with Crippen molar-refractivity contribution in [1.82, 2.24) is 9.97 Å². The minimum absolute atomic E-state index is 0.456. The van der Waals surface area contributed by atoms with E-state index in [1.807, 2.05) is 19.3 Å². The number of hydrogen-bond acceptors (Lipinski definition) is 3. The van der Waals surface area contributed by atoms with Gasteiger partial charge in [-0.2, -0.15) is 0 Å². The van der Waals surface area contributed by atoms with E-state index in [4.69, 9.17) is 0 Å². The third-order valence-corrected chi connectivity index (χ3v) is 2.15. The van der Waals surface area contributed by atoms with Crippen LogP contribution in [0.4, 0.5) is 5.95 Å². The van der Waals surface area contributed by atoms with Gasteiger partial charge in [0.2, 0.25) is 5.95 Å². The van der Waals surface area contributed by atoms with E-state index in [1.165, 1.54) is 19.3 Å². The zero-order valence-corrected chi connectivity index (χ0v) is 9.25. The second-order valence-corrected chi connectivity index (χ2v) is 3.77. The van der Waals surface area contributed by atoms with Crippen LogP contribution in [0.5, 0.6) is 0 Å². The second-order valence-electron chi connectivity index (χ2n) is 3.77. The Morgan fingerprint density at radius 3 is 2.57 bits per heavy atom. The highest BCUT2D eigenvalue weighted by Crippen LogP contribution is 2.06.